The smallest absolute Gasteiger partial charge is 0.230 e. The quantitative estimate of drug-likeness (QED) is 0.724. The summed E-state index contributed by atoms with van der Waals surface area (Å²) in [5, 5.41) is 0. The maximum absolute atomic E-state index is 5.47. The van der Waals surface area contributed by atoms with Crippen molar-refractivity contribution in [1.29, 1.82) is 0 Å². The fraction of sp³-hybridized carbons (Fsp3) is 0.200. The number of benzene rings is 2. The topological polar surface area (TPSA) is 38.2 Å². The van der Waals surface area contributed by atoms with Crippen LogP contribution in [0.25, 0.3) is 11.3 Å². The van der Waals surface area contributed by atoms with E-state index in [4.69, 9.17) is 9.72 Å². The number of aromatic nitrogens is 2. The number of methoxy groups -OCH3 is 1. The number of nitrogens with zero attached hydrogens (tertiary/aromatic N) is 3. The van der Waals surface area contributed by atoms with Crippen molar-refractivity contribution in [3.05, 3.63) is 66.4 Å². The fourth-order valence-corrected chi connectivity index (χ4v) is 3.34. The first-order valence-corrected chi connectivity index (χ1v) is 8.11. The molecule has 1 aliphatic rings. The Hall–Kier alpha value is -2.88. The van der Waals surface area contributed by atoms with Gasteiger partial charge in [0.05, 0.1) is 12.8 Å². The molecule has 0 N–H and O–H groups in total. The van der Waals surface area contributed by atoms with Crippen LogP contribution < -0.4 is 9.64 Å². The molecule has 1 aliphatic heterocycles. The zero-order valence-electron chi connectivity index (χ0n) is 13.8. The SMILES string of the molecule is COc1ccccc1-c1ccnc(N2c3ccccc3CC2C)n1. The van der Waals surface area contributed by atoms with Gasteiger partial charge in [0, 0.05) is 23.5 Å². The molecule has 2 heterocycles. The van der Waals surface area contributed by atoms with Crippen molar-refractivity contribution < 1.29 is 4.74 Å². The number of anilines is 2. The number of ether oxygens (including phenoxy) is 1. The van der Waals surface area contributed by atoms with Crippen LogP contribution in [-0.2, 0) is 6.42 Å². The summed E-state index contributed by atoms with van der Waals surface area (Å²) in [6.45, 7) is 2.21. The van der Waals surface area contributed by atoms with Gasteiger partial charge in [0.25, 0.3) is 0 Å². The van der Waals surface area contributed by atoms with Crippen LogP contribution in [0, 0.1) is 0 Å². The molecule has 3 aromatic rings. The first-order valence-electron chi connectivity index (χ1n) is 8.11. The van der Waals surface area contributed by atoms with E-state index in [0.717, 1.165) is 29.4 Å². The molecule has 4 heteroatoms. The van der Waals surface area contributed by atoms with Gasteiger partial charge in [0.1, 0.15) is 5.75 Å². The third kappa shape index (κ3) is 2.40. The van der Waals surface area contributed by atoms with Crippen molar-refractivity contribution in [2.75, 3.05) is 12.0 Å². The molecule has 1 atom stereocenters. The first-order chi connectivity index (χ1) is 11.8. The predicted molar refractivity (Wildman–Crippen MR) is 95.8 cm³/mol. The molecule has 120 valence electrons. The highest BCUT2D eigenvalue weighted by Crippen LogP contribution is 2.37. The standard InChI is InChI=1S/C20H19N3O/c1-14-13-15-7-3-5-9-18(15)23(14)20-21-12-11-17(22-20)16-8-4-6-10-19(16)24-2/h3-12,14H,13H2,1-2H3. The summed E-state index contributed by atoms with van der Waals surface area (Å²) in [6, 6.07) is 18.7. The molecule has 0 fully saturated rings. The van der Waals surface area contributed by atoms with E-state index < -0.39 is 0 Å². The second-order valence-corrected chi connectivity index (χ2v) is 5.99. The van der Waals surface area contributed by atoms with Gasteiger partial charge < -0.3 is 9.64 Å². The van der Waals surface area contributed by atoms with Crippen molar-refractivity contribution in [3.8, 4) is 17.0 Å². The molecule has 0 bridgehead atoms. The van der Waals surface area contributed by atoms with E-state index in [-0.39, 0.29) is 0 Å². The molecular weight excluding hydrogens is 298 g/mol. The van der Waals surface area contributed by atoms with E-state index in [1.165, 1.54) is 11.3 Å². The van der Waals surface area contributed by atoms with Crippen LogP contribution in [0.1, 0.15) is 12.5 Å². The maximum Gasteiger partial charge on any atom is 0.230 e. The first kappa shape index (κ1) is 14.7. The van der Waals surface area contributed by atoms with Gasteiger partial charge in [-0.15, -0.1) is 0 Å². The Bertz CT molecular complexity index is 878. The largest absolute Gasteiger partial charge is 0.496 e. The van der Waals surface area contributed by atoms with E-state index in [0.29, 0.717) is 6.04 Å². The summed E-state index contributed by atoms with van der Waals surface area (Å²) in [5.41, 5.74) is 4.39. The Balaban J connectivity index is 1.79. The van der Waals surface area contributed by atoms with Crippen molar-refractivity contribution in [2.24, 2.45) is 0 Å². The number of rotatable bonds is 3. The van der Waals surface area contributed by atoms with Gasteiger partial charge in [0.15, 0.2) is 0 Å². The van der Waals surface area contributed by atoms with Gasteiger partial charge in [-0.1, -0.05) is 30.3 Å². The number of hydrogen-bond donors (Lipinski definition) is 0. The molecule has 24 heavy (non-hydrogen) atoms. The number of hydrogen-bond acceptors (Lipinski definition) is 4. The molecule has 0 saturated heterocycles. The number of para-hydroxylation sites is 2. The van der Waals surface area contributed by atoms with E-state index in [2.05, 4.69) is 41.1 Å². The highest BCUT2D eigenvalue weighted by atomic mass is 16.5. The van der Waals surface area contributed by atoms with E-state index in [1.807, 2.05) is 36.5 Å². The number of fused-ring (bicyclic) bond motifs is 1. The third-order valence-electron chi connectivity index (χ3n) is 4.45. The lowest BCUT2D eigenvalue weighted by Crippen LogP contribution is -2.25. The Kier molecular flexibility index (Phi) is 3.65. The molecule has 2 aromatic carbocycles. The van der Waals surface area contributed by atoms with E-state index in [1.54, 1.807) is 7.11 Å². The van der Waals surface area contributed by atoms with Crippen LogP contribution in [0.2, 0.25) is 0 Å². The highest BCUT2D eigenvalue weighted by Gasteiger charge is 2.28. The summed E-state index contributed by atoms with van der Waals surface area (Å²) < 4.78 is 5.47. The van der Waals surface area contributed by atoms with Crippen LogP contribution in [0.3, 0.4) is 0 Å². The van der Waals surface area contributed by atoms with Gasteiger partial charge >= 0.3 is 0 Å². The zero-order chi connectivity index (χ0) is 16.5. The highest BCUT2D eigenvalue weighted by molar-refractivity contribution is 5.71. The fourth-order valence-electron chi connectivity index (χ4n) is 3.34. The van der Waals surface area contributed by atoms with E-state index in [9.17, 15) is 0 Å². The molecule has 0 saturated carbocycles. The van der Waals surface area contributed by atoms with Crippen LogP contribution in [0.5, 0.6) is 5.75 Å². The van der Waals surface area contributed by atoms with Gasteiger partial charge in [0.2, 0.25) is 5.95 Å². The van der Waals surface area contributed by atoms with Crippen molar-refractivity contribution in [2.45, 2.75) is 19.4 Å². The normalized spacial score (nSPS) is 16.1. The summed E-state index contributed by atoms with van der Waals surface area (Å²) in [6.07, 6.45) is 2.83. The maximum atomic E-state index is 5.47. The molecule has 0 spiro atoms. The van der Waals surface area contributed by atoms with Crippen LogP contribution >= 0.6 is 0 Å². The van der Waals surface area contributed by atoms with Crippen molar-refractivity contribution in [1.82, 2.24) is 9.97 Å². The molecule has 1 unspecified atom stereocenters. The lowest BCUT2D eigenvalue weighted by molar-refractivity contribution is 0.416. The third-order valence-corrected chi connectivity index (χ3v) is 4.45. The van der Waals surface area contributed by atoms with Crippen LogP contribution in [0.4, 0.5) is 11.6 Å². The monoisotopic (exact) mass is 317 g/mol. The summed E-state index contributed by atoms with van der Waals surface area (Å²) >= 11 is 0. The van der Waals surface area contributed by atoms with Gasteiger partial charge in [-0.25, -0.2) is 9.97 Å². The molecular formula is C20H19N3O. The molecule has 0 aliphatic carbocycles. The summed E-state index contributed by atoms with van der Waals surface area (Å²) in [7, 11) is 1.68. The summed E-state index contributed by atoms with van der Waals surface area (Å²) in [4.78, 5) is 11.6. The molecule has 4 nitrogen and oxygen atoms in total. The predicted octanol–water partition coefficient (Wildman–Crippen LogP) is 4.23. The van der Waals surface area contributed by atoms with E-state index >= 15 is 0 Å². The Morgan fingerprint density at radius 3 is 2.71 bits per heavy atom. The average molecular weight is 317 g/mol. The Labute approximate surface area is 141 Å². The van der Waals surface area contributed by atoms with Crippen LogP contribution in [0.15, 0.2) is 60.8 Å². The van der Waals surface area contributed by atoms with Crippen molar-refractivity contribution >= 4 is 11.6 Å². The van der Waals surface area contributed by atoms with Gasteiger partial charge in [-0.2, -0.15) is 0 Å². The summed E-state index contributed by atoms with van der Waals surface area (Å²) in [5.74, 6) is 1.55. The molecule has 0 amide bonds. The Morgan fingerprint density at radius 2 is 1.83 bits per heavy atom. The minimum Gasteiger partial charge on any atom is -0.496 e. The lowest BCUT2D eigenvalue weighted by Gasteiger charge is -2.23. The van der Waals surface area contributed by atoms with Crippen molar-refractivity contribution in [3.63, 3.8) is 0 Å². The second kappa shape index (κ2) is 5.96. The molecule has 4 rings (SSSR count). The van der Waals surface area contributed by atoms with Crippen LogP contribution in [-0.4, -0.2) is 23.1 Å². The molecule has 0 radical (unpaired) electrons. The molecule has 1 aromatic heterocycles. The lowest BCUT2D eigenvalue weighted by atomic mass is 10.1. The average Bonchev–Trinajstić information content (AvgIpc) is 2.97. The minimum absolute atomic E-state index is 0.343. The second-order valence-electron chi connectivity index (χ2n) is 5.99. The van der Waals surface area contributed by atoms with Gasteiger partial charge in [-0.3, -0.25) is 0 Å². The minimum atomic E-state index is 0.343. The van der Waals surface area contributed by atoms with Gasteiger partial charge in [-0.05, 0) is 43.2 Å². The Morgan fingerprint density at radius 1 is 1.04 bits per heavy atom. The zero-order valence-corrected chi connectivity index (χ0v) is 13.8.